The van der Waals surface area contributed by atoms with Gasteiger partial charge in [0, 0.05) is 6.07 Å². The zero-order chi connectivity index (χ0) is 12.0. The van der Waals surface area contributed by atoms with Gasteiger partial charge in [-0.3, -0.25) is 4.79 Å². The van der Waals surface area contributed by atoms with E-state index in [-0.39, 0.29) is 6.54 Å². The zero-order valence-corrected chi connectivity index (χ0v) is 8.80. The molecule has 16 heavy (non-hydrogen) atoms. The molecule has 3 nitrogen and oxygen atoms in total. The van der Waals surface area contributed by atoms with Gasteiger partial charge in [-0.05, 0) is 31.0 Å². The van der Waals surface area contributed by atoms with Gasteiger partial charge in [0.15, 0.2) is 0 Å². The molecule has 0 radical (unpaired) electrons. The number of nitrogens with two attached hydrogens (primary N) is 1. The SMILES string of the molecule is NC(=O)CNCCCc1ccc(F)cc1F. The molecule has 0 heterocycles. The van der Waals surface area contributed by atoms with Crippen molar-refractivity contribution >= 4 is 5.91 Å². The highest BCUT2D eigenvalue weighted by Gasteiger charge is 2.03. The topological polar surface area (TPSA) is 55.1 Å². The molecular formula is C11H14F2N2O. The Morgan fingerprint density at radius 3 is 2.75 bits per heavy atom. The van der Waals surface area contributed by atoms with Gasteiger partial charge in [-0.25, -0.2) is 8.78 Å². The van der Waals surface area contributed by atoms with Gasteiger partial charge in [0.2, 0.25) is 5.91 Å². The van der Waals surface area contributed by atoms with Crippen LogP contribution in [0, 0.1) is 11.6 Å². The minimum absolute atomic E-state index is 0.117. The van der Waals surface area contributed by atoms with Crippen molar-refractivity contribution in [1.29, 1.82) is 0 Å². The van der Waals surface area contributed by atoms with Gasteiger partial charge < -0.3 is 11.1 Å². The fraction of sp³-hybridized carbons (Fsp3) is 0.364. The summed E-state index contributed by atoms with van der Waals surface area (Å²) in [5.41, 5.74) is 5.40. The summed E-state index contributed by atoms with van der Waals surface area (Å²) in [7, 11) is 0. The van der Waals surface area contributed by atoms with Gasteiger partial charge in [0.05, 0.1) is 6.54 Å². The second-order valence-electron chi connectivity index (χ2n) is 3.48. The molecule has 0 spiro atoms. The van der Waals surface area contributed by atoms with Crippen LogP contribution in [0.15, 0.2) is 18.2 Å². The minimum atomic E-state index is -0.576. The standard InChI is InChI=1S/C11H14F2N2O/c12-9-4-3-8(10(13)6-9)2-1-5-15-7-11(14)16/h3-4,6,15H,1-2,5,7H2,(H2,14,16). The number of halogens is 2. The number of primary amides is 1. The first kappa shape index (κ1) is 12.6. The Morgan fingerprint density at radius 2 is 2.12 bits per heavy atom. The van der Waals surface area contributed by atoms with E-state index >= 15 is 0 Å². The number of rotatable bonds is 6. The second-order valence-corrected chi connectivity index (χ2v) is 3.48. The molecule has 0 aliphatic heterocycles. The van der Waals surface area contributed by atoms with Crippen LogP contribution in [0.1, 0.15) is 12.0 Å². The quantitative estimate of drug-likeness (QED) is 0.713. The number of nitrogens with one attached hydrogen (secondary N) is 1. The van der Waals surface area contributed by atoms with Crippen molar-refractivity contribution in [2.75, 3.05) is 13.1 Å². The van der Waals surface area contributed by atoms with Crippen LogP contribution in [0.4, 0.5) is 8.78 Å². The Kier molecular flexibility index (Phi) is 4.85. The monoisotopic (exact) mass is 228 g/mol. The van der Waals surface area contributed by atoms with E-state index in [0.29, 0.717) is 24.9 Å². The highest BCUT2D eigenvalue weighted by Crippen LogP contribution is 2.11. The fourth-order valence-electron chi connectivity index (χ4n) is 1.34. The highest BCUT2D eigenvalue weighted by molar-refractivity contribution is 5.75. The van der Waals surface area contributed by atoms with Gasteiger partial charge >= 0.3 is 0 Å². The van der Waals surface area contributed by atoms with Crippen molar-refractivity contribution in [1.82, 2.24) is 5.32 Å². The van der Waals surface area contributed by atoms with Crippen molar-refractivity contribution in [3.8, 4) is 0 Å². The second kappa shape index (κ2) is 6.17. The largest absolute Gasteiger partial charge is 0.369 e. The van der Waals surface area contributed by atoms with Crippen LogP contribution in [0.2, 0.25) is 0 Å². The molecule has 1 rings (SSSR count). The predicted octanol–water partition coefficient (Wildman–Crippen LogP) is 0.972. The first-order valence-electron chi connectivity index (χ1n) is 5.02. The van der Waals surface area contributed by atoms with Crippen LogP contribution in [0.3, 0.4) is 0 Å². The number of amides is 1. The molecule has 0 bridgehead atoms. The summed E-state index contributed by atoms with van der Waals surface area (Å²) in [4.78, 5) is 10.4. The smallest absolute Gasteiger partial charge is 0.231 e. The Labute approximate surface area is 92.6 Å². The van der Waals surface area contributed by atoms with Crippen LogP contribution >= 0.6 is 0 Å². The van der Waals surface area contributed by atoms with E-state index in [1.165, 1.54) is 12.1 Å². The summed E-state index contributed by atoms with van der Waals surface area (Å²) >= 11 is 0. The maximum Gasteiger partial charge on any atom is 0.231 e. The van der Waals surface area contributed by atoms with Crippen molar-refractivity contribution in [2.24, 2.45) is 5.73 Å². The van der Waals surface area contributed by atoms with Crippen LogP contribution in [-0.4, -0.2) is 19.0 Å². The molecule has 0 unspecified atom stereocenters. The van der Waals surface area contributed by atoms with E-state index in [2.05, 4.69) is 5.32 Å². The summed E-state index contributed by atoms with van der Waals surface area (Å²) in [5, 5.41) is 2.81. The number of hydrogen-bond acceptors (Lipinski definition) is 2. The van der Waals surface area contributed by atoms with Crippen molar-refractivity contribution in [2.45, 2.75) is 12.8 Å². The van der Waals surface area contributed by atoms with E-state index in [1.54, 1.807) is 0 Å². The number of carbonyl (C=O) groups excluding carboxylic acids is 1. The van der Waals surface area contributed by atoms with E-state index in [9.17, 15) is 13.6 Å². The van der Waals surface area contributed by atoms with E-state index in [1.807, 2.05) is 0 Å². The van der Waals surface area contributed by atoms with Gasteiger partial charge in [-0.2, -0.15) is 0 Å². The molecule has 1 aromatic rings. The molecule has 0 aliphatic rings. The fourth-order valence-corrected chi connectivity index (χ4v) is 1.34. The lowest BCUT2D eigenvalue weighted by molar-refractivity contribution is -0.117. The van der Waals surface area contributed by atoms with Crippen LogP contribution in [0.25, 0.3) is 0 Å². The summed E-state index contributed by atoms with van der Waals surface area (Å²) in [5.74, 6) is -1.53. The number of aryl methyl sites for hydroxylation is 1. The molecule has 0 fully saturated rings. The summed E-state index contributed by atoms with van der Waals surface area (Å²) in [6.45, 7) is 0.686. The Bertz CT molecular complexity index is 369. The number of benzene rings is 1. The lowest BCUT2D eigenvalue weighted by atomic mass is 10.1. The average Bonchev–Trinajstić information content (AvgIpc) is 2.20. The van der Waals surface area contributed by atoms with Crippen LogP contribution in [0.5, 0.6) is 0 Å². The predicted molar refractivity (Wildman–Crippen MR) is 56.7 cm³/mol. The first-order chi connectivity index (χ1) is 7.59. The number of hydrogen-bond donors (Lipinski definition) is 2. The third-order valence-electron chi connectivity index (χ3n) is 2.11. The Hall–Kier alpha value is -1.49. The molecule has 88 valence electrons. The van der Waals surface area contributed by atoms with Crippen LogP contribution < -0.4 is 11.1 Å². The van der Waals surface area contributed by atoms with E-state index in [0.717, 1.165) is 6.07 Å². The average molecular weight is 228 g/mol. The molecule has 1 aromatic carbocycles. The maximum atomic E-state index is 13.2. The molecule has 3 N–H and O–H groups in total. The first-order valence-corrected chi connectivity index (χ1v) is 5.02. The normalized spacial score (nSPS) is 10.4. The molecule has 0 saturated carbocycles. The molecule has 0 atom stereocenters. The molecule has 5 heteroatoms. The Balaban J connectivity index is 2.29. The Morgan fingerprint density at radius 1 is 1.38 bits per heavy atom. The lowest BCUT2D eigenvalue weighted by Gasteiger charge is -2.04. The summed E-state index contributed by atoms with van der Waals surface area (Å²) < 4.78 is 25.7. The minimum Gasteiger partial charge on any atom is -0.369 e. The highest BCUT2D eigenvalue weighted by atomic mass is 19.1. The number of carbonyl (C=O) groups is 1. The molecule has 0 aromatic heterocycles. The van der Waals surface area contributed by atoms with Crippen molar-refractivity contribution < 1.29 is 13.6 Å². The van der Waals surface area contributed by atoms with Crippen molar-refractivity contribution in [3.63, 3.8) is 0 Å². The van der Waals surface area contributed by atoms with Gasteiger partial charge in [0.1, 0.15) is 11.6 Å². The summed E-state index contributed by atoms with van der Waals surface area (Å²) in [6, 6.07) is 3.53. The van der Waals surface area contributed by atoms with E-state index in [4.69, 9.17) is 5.73 Å². The maximum absolute atomic E-state index is 13.2. The van der Waals surface area contributed by atoms with Gasteiger partial charge in [-0.1, -0.05) is 6.07 Å². The lowest BCUT2D eigenvalue weighted by Crippen LogP contribution is -2.29. The van der Waals surface area contributed by atoms with Crippen LogP contribution in [-0.2, 0) is 11.2 Å². The molecule has 1 amide bonds. The molecule has 0 saturated heterocycles. The third kappa shape index (κ3) is 4.35. The molecule has 0 aliphatic carbocycles. The zero-order valence-electron chi connectivity index (χ0n) is 8.80. The van der Waals surface area contributed by atoms with Gasteiger partial charge in [0.25, 0.3) is 0 Å². The third-order valence-corrected chi connectivity index (χ3v) is 2.11. The molecular weight excluding hydrogens is 214 g/mol. The van der Waals surface area contributed by atoms with E-state index < -0.39 is 17.5 Å². The van der Waals surface area contributed by atoms with Gasteiger partial charge in [-0.15, -0.1) is 0 Å². The summed E-state index contributed by atoms with van der Waals surface area (Å²) in [6.07, 6.45) is 1.16. The van der Waals surface area contributed by atoms with Crippen molar-refractivity contribution in [3.05, 3.63) is 35.4 Å².